The lowest BCUT2D eigenvalue weighted by Crippen LogP contribution is -2.19. The number of nitrogens with two attached hydrogens (primary N) is 1. The first kappa shape index (κ1) is 12.8. The minimum atomic E-state index is 0.529. The van der Waals surface area contributed by atoms with Crippen molar-refractivity contribution in [2.75, 3.05) is 17.7 Å². The van der Waals surface area contributed by atoms with E-state index in [-0.39, 0.29) is 0 Å². The van der Waals surface area contributed by atoms with Gasteiger partial charge in [-0.05, 0) is 24.6 Å². The Bertz CT molecular complexity index is 556. The number of halogens is 1. The van der Waals surface area contributed by atoms with E-state index < -0.39 is 0 Å². The number of hydrogen-bond acceptors (Lipinski definition) is 4. The number of aromatic nitrogens is 2. The first-order valence-electron chi connectivity index (χ1n) is 5.60. The van der Waals surface area contributed by atoms with Crippen LogP contribution in [-0.4, -0.2) is 17.0 Å². The number of nitrogens with zero attached hydrogens (tertiary/aromatic N) is 3. The highest BCUT2D eigenvalue weighted by Crippen LogP contribution is 2.21. The van der Waals surface area contributed by atoms with Gasteiger partial charge in [0.15, 0.2) is 0 Å². The molecule has 0 aliphatic carbocycles. The van der Waals surface area contributed by atoms with Crippen LogP contribution in [0.15, 0.2) is 35.1 Å². The summed E-state index contributed by atoms with van der Waals surface area (Å²) in [6, 6.07) is 8.21. The lowest BCUT2D eigenvalue weighted by Gasteiger charge is -2.20. The van der Waals surface area contributed by atoms with Crippen molar-refractivity contribution in [2.24, 2.45) is 0 Å². The third-order valence-electron chi connectivity index (χ3n) is 2.77. The molecule has 0 saturated heterocycles. The number of rotatable bonds is 3. The Morgan fingerprint density at radius 1 is 1.33 bits per heavy atom. The van der Waals surface area contributed by atoms with Crippen LogP contribution >= 0.6 is 15.9 Å². The van der Waals surface area contributed by atoms with Crippen LogP contribution in [-0.2, 0) is 6.54 Å². The standard InChI is InChI=1S/C13H15BrN4/c1-9-12(15)16-8-17-13(9)18(2)7-10-4-3-5-11(14)6-10/h3-6,8H,7H2,1-2H3,(H2,15,16,17). The predicted molar refractivity (Wildman–Crippen MR) is 77.4 cm³/mol. The Morgan fingerprint density at radius 2 is 2.11 bits per heavy atom. The minimum absolute atomic E-state index is 0.529. The lowest BCUT2D eigenvalue weighted by molar-refractivity contribution is 0.883. The summed E-state index contributed by atoms with van der Waals surface area (Å²) in [5, 5.41) is 0. The Balaban J connectivity index is 2.22. The summed E-state index contributed by atoms with van der Waals surface area (Å²) in [7, 11) is 2.00. The van der Waals surface area contributed by atoms with E-state index in [0.29, 0.717) is 5.82 Å². The molecule has 4 nitrogen and oxygen atoms in total. The molecule has 0 unspecified atom stereocenters. The Labute approximate surface area is 115 Å². The second-order valence-corrected chi connectivity index (χ2v) is 5.11. The number of benzene rings is 1. The smallest absolute Gasteiger partial charge is 0.137 e. The summed E-state index contributed by atoms with van der Waals surface area (Å²) in [4.78, 5) is 10.3. The van der Waals surface area contributed by atoms with Crippen molar-refractivity contribution >= 4 is 27.6 Å². The maximum absolute atomic E-state index is 5.79. The van der Waals surface area contributed by atoms with Crippen LogP contribution in [0, 0.1) is 6.92 Å². The van der Waals surface area contributed by atoms with Gasteiger partial charge in [0.1, 0.15) is 18.0 Å². The third kappa shape index (κ3) is 2.79. The average Bonchev–Trinajstić information content (AvgIpc) is 2.32. The van der Waals surface area contributed by atoms with Gasteiger partial charge in [0.05, 0.1) is 0 Å². The molecule has 0 aliphatic heterocycles. The Morgan fingerprint density at radius 3 is 2.83 bits per heavy atom. The van der Waals surface area contributed by atoms with Gasteiger partial charge in [-0.2, -0.15) is 0 Å². The topological polar surface area (TPSA) is 55.0 Å². The molecule has 0 bridgehead atoms. The van der Waals surface area contributed by atoms with Crippen molar-refractivity contribution in [3.05, 3.63) is 46.2 Å². The fraction of sp³-hybridized carbons (Fsp3) is 0.231. The molecule has 1 aromatic carbocycles. The zero-order valence-electron chi connectivity index (χ0n) is 10.4. The van der Waals surface area contributed by atoms with Gasteiger partial charge in [-0.15, -0.1) is 0 Å². The average molecular weight is 307 g/mol. The molecule has 94 valence electrons. The van der Waals surface area contributed by atoms with Crippen LogP contribution in [0.2, 0.25) is 0 Å². The Hall–Kier alpha value is -1.62. The zero-order chi connectivity index (χ0) is 13.1. The monoisotopic (exact) mass is 306 g/mol. The predicted octanol–water partition coefficient (Wildman–Crippen LogP) is 2.77. The van der Waals surface area contributed by atoms with Crippen LogP contribution in [0.1, 0.15) is 11.1 Å². The maximum atomic E-state index is 5.79. The highest BCUT2D eigenvalue weighted by Gasteiger charge is 2.09. The molecule has 0 amide bonds. The highest BCUT2D eigenvalue weighted by atomic mass is 79.9. The number of anilines is 2. The molecular weight excluding hydrogens is 292 g/mol. The second-order valence-electron chi connectivity index (χ2n) is 4.19. The van der Waals surface area contributed by atoms with Gasteiger partial charge in [0, 0.05) is 23.6 Å². The van der Waals surface area contributed by atoms with E-state index in [9.17, 15) is 0 Å². The van der Waals surface area contributed by atoms with Crippen molar-refractivity contribution < 1.29 is 0 Å². The van der Waals surface area contributed by atoms with E-state index in [1.165, 1.54) is 11.9 Å². The van der Waals surface area contributed by atoms with Crippen molar-refractivity contribution in [3.8, 4) is 0 Å². The van der Waals surface area contributed by atoms with Gasteiger partial charge >= 0.3 is 0 Å². The van der Waals surface area contributed by atoms with E-state index in [4.69, 9.17) is 5.73 Å². The van der Waals surface area contributed by atoms with Crippen LogP contribution in [0.25, 0.3) is 0 Å². The molecule has 0 aliphatic rings. The van der Waals surface area contributed by atoms with Crippen LogP contribution < -0.4 is 10.6 Å². The highest BCUT2D eigenvalue weighted by molar-refractivity contribution is 9.10. The summed E-state index contributed by atoms with van der Waals surface area (Å²) in [6.45, 7) is 2.71. The SMILES string of the molecule is Cc1c(N)ncnc1N(C)Cc1cccc(Br)c1. The Kier molecular flexibility index (Phi) is 3.81. The first-order valence-corrected chi connectivity index (χ1v) is 6.40. The quantitative estimate of drug-likeness (QED) is 0.947. The van der Waals surface area contributed by atoms with Crippen LogP contribution in [0.5, 0.6) is 0 Å². The maximum Gasteiger partial charge on any atom is 0.137 e. The molecule has 2 rings (SSSR count). The van der Waals surface area contributed by atoms with Crippen molar-refractivity contribution in [2.45, 2.75) is 13.5 Å². The first-order chi connectivity index (χ1) is 8.58. The van der Waals surface area contributed by atoms with E-state index in [1.54, 1.807) is 0 Å². The molecule has 2 aromatic rings. The van der Waals surface area contributed by atoms with E-state index in [2.05, 4.69) is 42.9 Å². The second kappa shape index (κ2) is 5.35. The molecule has 0 fully saturated rings. The number of nitrogen functional groups attached to an aromatic ring is 1. The van der Waals surface area contributed by atoms with Gasteiger partial charge in [-0.25, -0.2) is 9.97 Å². The molecule has 0 atom stereocenters. The number of hydrogen-bond donors (Lipinski definition) is 1. The normalized spacial score (nSPS) is 10.4. The van der Waals surface area contributed by atoms with Gasteiger partial charge < -0.3 is 10.6 Å². The molecule has 1 aromatic heterocycles. The minimum Gasteiger partial charge on any atom is -0.383 e. The summed E-state index contributed by atoms with van der Waals surface area (Å²) in [6.07, 6.45) is 1.50. The molecule has 1 heterocycles. The molecule has 0 saturated carbocycles. The summed E-state index contributed by atoms with van der Waals surface area (Å²) in [5.74, 6) is 1.39. The summed E-state index contributed by atoms with van der Waals surface area (Å²) in [5.41, 5.74) is 7.91. The van der Waals surface area contributed by atoms with Gasteiger partial charge in [0.25, 0.3) is 0 Å². The lowest BCUT2D eigenvalue weighted by atomic mass is 10.2. The molecule has 5 heteroatoms. The van der Waals surface area contributed by atoms with Gasteiger partial charge in [-0.1, -0.05) is 28.1 Å². The van der Waals surface area contributed by atoms with E-state index in [0.717, 1.165) is 22.4 Å². The molecular formula is C13H15BrN4. The molecule has 2 N–H and O–H groups in total. The van der Waals surface area contributed by atoms with Crippen molar-refractivity contribution in [1.29, 1.82) is 0 Å². The molecule has 18 heavy (non-hydrogen) atoms. The van der Waals surface area contributed by atoms with Gasteiger partial charge in [-0.3, -0.25) is 0 Å². The molecule has 0 spiro atoms. The van der Waals surface area contributed by atoms with Crippen molar-refractivity contribution in [1.82, 2.24) is 9.97 Å². The fourth-order valence-corrected chi connectivity index (χ4v) is 2.27. The summed E-state index contributed by atoms with van der Waals surface area (Å²) < 4.78 is 1.08. The molecule has 0 radical (unpaired) electrons. The summed E-state index contributed by atoms with van der Waals surface area (Å²) >= 11 is 3.47. The fourth-order valence-electron chi connectivity index (χ4n) is 1.82. The van der Waals surface area contributed by atoms with Crippen molar-refractivity contribution in [3.63, 3.8) is 0 Å². The largest absolute Gasteiger partial charge is 0.383 e. The zero-order valence-corrected chi connectivity index (χ0v) is 12.0. The van der Waals surface area contributed by atoms with Gasteiger partial charge in [0.2, 0.25) is 0 Å². The van der Waals surface area contributed by atoms with E-state index >= 15 is 0 Å². The third-order valence-corrected chi connectivity index (χ3v) is 3.26. The van der Waals surface area contributed by atoms with Crippen LogP contribution in [0.3, 0.4) is 0 Å². The van der Waals surface area contributed by atoms with E-state index in [1.807, 2.05) is 26.1 Å². The van der Waals surface area contributed by atoms with Crippen LogP contribution in [0.4, 0.5) is 11.6 Å².